The third-order valence-corrected chi connectivity index (χ3v) is 3.66. The maximum atomic E-state index is 11.8. The predicted molar refractivity (Wildman–Crippen MR) is 73.1 cm³/mol. The highest BCUT2D eigenvalue weighted by Crippen LogP contribution is 2.20. The number of nitrogens with zero attached hydrogens (tertiary/aromatic N) is 2. The van der Waals surface area contributed by atoms with Crippen LogP contribution in [0.4, 0.5) is 0 Å². The molecule has 1 aromatic rings. The van der Waals surface area contributed by atoms with Gasteiger partial charge in [-0.25, -0.2) is 0 Å². The number of rotatable bonds is 5. The minimum atomic E-state index is -0.398. The van der Waals surface area contributed by atoms with Gasteiger partial charge in [0.05, 0.1) is 12.3 Å². The topological polar surface area (TPSA) is 65.7 Å². The quantitative estimate of drug-likeness (QED) is 0.836. The third-order valence-electron chi connectivity index (χ3n) is 3.66. The zero-order valence-electron chi connectivity index (χ0n) is 11.4. The molecule has 106 valence electrons. The monoisotopic (exact) mass is 266 g/mol. The van der Waals surface area contributed by atoms with Gasteiger partial charge in [-0.15, -0.1) is 0 Å². The van der Waals surface area contributed by atoms with E-state index < -0.39 is 5.43 Å². The van der Waals surface area contributed by atoms with Crippen LogP contribution >= 0.6 is 0 Å². The Labute approximate surface area is 113 Å². The fourth-order valence-corrected chi connectivity index (χ4v) is 2.69. The molecule has 2 N–H and O–H groups in total. The van der Waals surface area contributed by atoms with E-state index in [-0.39, 0.29) is 12.4 Å². The summed E-state index contributed by atoms with van der Waals surface area (Å²) in [5.74, 6) is -0.169. The predicted octanol–water partition coefficient (Wildman–Crippen LogP) is 1.05. The van der Waals surface area contributed by atoms with Gasteiger partial charge in [-0.3, -0.25) is 9.69 Å². The van der Waals surface area contributed by atoms with Crippen molar-refractivity contribution in [2.45, 2.75) is 45.9 Å². The number of hydrogen-bond donors (Lipinski definition) is 2. The molecule has 2 rings (SSSR count). The van der Waals surface area contributed by atoms with Crippen molar-refractivity contribution in [3.8, 4) is 5.75 Å². The van der Waals surface area contributed by atoms with Gasteiger partial charge in [0, 0.05) is 24.8 Å². The van der Waals surface area contributed by atoms with Crippen molar-refractivity contribution in [3.63, 3.8) is 0 Å². The van der Waals surface area contributed by atoms with Crippen molar-refractivity contribution < 1.29 is 10.2 Å². The molecule has 0 aromatic carbocycles. The van der Waals surface area contributed by atoms with E-state index in [0.717, 1.165) is 19.5 Å². The molecule has 0 bridgehead atoms. The summed E-state index contributed by atoms with van der Waals surface area (Å²) in [5, 5.41) is 19.4. The van der Waals surface area contributed by atoms with E-state index in [2.05, 4.69) is 4.90 Å². The lowest BCUT2D eigenvalue weighted by molar-refractivity contribution is 0.261. The highest BCUT2D eigenvalue weighted by molar-refractivity contribution is 5.30. The van der Waals surface area contributed by atoms with Gasteiger partial charge in [-0.2, -0.15) is 0 Å². The first kappa shape index (κ1) is 14.1. The van der Waals surface area contributed by atoms with Gasteiger partial charge in [0.1, 0.15) is 0 Å². The molecule has 5 heteroatoms. The minimum absolute atomic E-state index is 0.169. The van der Waals surface area contributed by atoms with E-state index >= 15 is 0 Å². The molecule has 0 spiro atoms. The van der Waals surface area contributed by atoms with E-state index in [1.807, 2.05) is 11.5 Å². The second kappa shape index (κ2) is 6.21. The Balaban J connectivity index is 2.41. The Morgan fingerprint density at radius 1 is 1.32 bits per heavy atom. The first-order valence-electron chi connectivity index (χ1n) is 6.95. The average Bonchev–Trinajstić information content (AvgIpc) is 2.91. The van der Waals surface area contributed by atoms with Gasteiger partial charge in [-0.1, -0.05) is 6.92 Å². The van der Waals surface area contributed by atoms with Gasteiger partial charge in [0.25, 0.3) is 0 Å². The molecule has 1 fully saturated rings. The van der Waals surface area contributed by atoms with Crippen LogP contribution in [0.25, 0.3) is 0 Å². The molecule has 1 aromatic heterocycles. The molecular weight excluding hydrogens is 244 g/mol. The second-order valence-corrected chi connectivity index (χ2v) is 5.09. The lowest BCUT2D eigenvalue weighted by atomic mass is 10.2. The molecule has 0 unspecified atom stereocenters. The molecule has 19 heavy (non-hydrogen) atoms. The second-order valence-electron chi connectivity index (χ2n) is 5.09. The van der Waals surface area contributed by atoms with Gasteiger partial charge < -0.3 is 14.8 Å². The van der Waals surface area contributed by atoms with E-state index in [1.54, 1.807) is 0 Å². The van der Waals surface area contributed by atoms with E-state index in [9.17, 15) is 15.0 Å². The maximum Gasteiger partial charge on any atom is 0.223 e. The number of aliphatic hydroxyl groups is 1. The molecule has 0 amide bonds. The van der Waals surface area contributed by atoms with Crippen LogP contribution in [-0.2, 0) is 19.7 Å². The number of pyridine rings is 1. The van der Waals surface area contributed by atoms with Crippen LogP contribution in [0.1, 0.15) is 37.6 Å². The van der Waals surface area contributed by atoms with Gasteiger partial charge in [0.2, 0.25) is 5.43 Å². The lowest BCUT2D eigenvalue weighted by Gasteiger charge is -2.22. The summed E-state index contributed by atoms with van der Waals surface area (Å²) in [7, 11) is 0. The third kappa shape index (κ3) is 2.98. The van der Waals surface area contributed by atoms with Crippen LogP contribution in [0.2, 0.25) is 0 Å². The molecule has 0 atom stereocenters. The zero-order chi connectivity index (χ0) is 13.8. The summed E-state index contributed by atoms with van der Waals surface area (Å²) in [6.45, 7) is 5.15. The molecule has 2 heterocycles. The number of aliphatic hydroxyl groups excluding tert-OH is 1. The van der Waals surface area contributed by atoms with Crippen LogP contribution in [0, 0.1) is 0 Å². The Hall–Kier alpha value is -1.33. The SMILES string of the molecule is CCCn1c(CO)cc(=O)c(O)c1CN1CCCC1. The van der Waals surface area contributed by atoms with Crippen molar-refractivity contribution in [2.75, 3.05) is 13.1 Å². The minimum Gasteiger partial charge on any atom is -0.503 e. The average molecular weight is 266 g/mol. The highest BCUT2D eigenvalue weighted by atomic mass is 16.3. The van der Waals surface area contributed by atoms with E-state index in [0.29, 0.717) is 24.5 Å². The Morgan fingerprint density at radius 2 is 2.00 bits per heavy atom. The zero-order valence-corrected chi connectivity index (χ0v) is 11.4. The Bertz CT molecular complexity index is 490. The largest absolute Gasteiger partial charge is 0.503 e. The van der Waals surface area contributed by atoms with Gasteiger partial charge in [0.15, 0.2) is 5.75 Å². The van der Waals surface area contributed by atoms with Crippen molar-refractivity contribution in [2.24, 2.45) is 0 Å². The van der Waals surface area contributed by atoms with Crippen molar-refractivity contribution in [1.82, 2.24) is 9.47 Å². The molecule has 0 aliphatic carbocycles. The van der Waals surface area contributed by atoms with Gasteiger partial charge >= 0.3 is 0 Å². The molecule has 1 aliphatic heterocycles. The van der Waals surface area contributed by atoms with Crippen molar-refractivity contribution in [3.05, 3.63) is 27.7 Å². The van der Waals surface area contributed by atoms with Crippen LogP contribution in [0.15, 0.2) is 10.9 Å². The molecule has 0 saturated carbocycles. The van der Waals surface area contributed by atoms with Crippen molar-refractivity contribution in [1.29, 1.82) is 0 Å². The summed E-state index contributed by atoms with van der Waals surface area (Å²) in [5.41, 5.74) is 0.824. The number of likely N-dealkylation sites (tertiary alicyclic amines) is 1. The Kier molecular flexibility index (Phi) is 4.61. The number of aromatic nitrogens is 1. The van der Waals surface area contributed by atoms with Crippen LogP contribution < -0.4 is 5.43 Å². The number of aromatic hydroxyl groups is 1. The first-order valence-corrected chi connectivity index (χ1v) is 6.95. The summed E-state index contributed by atoms with van der Waals surface area (Å²) >= 11 is 0. The van der Waals surface area contributed by atoms with Crippen LogP contribution in [-0.4, -0.2) is 32.8 Å². The highest BCUT2D eigenvalue weighted by Gasteiger charge is 2.19. The smallest absolute Gasteiger partial charge is 0.223 e. The lowest BCUT2D eigenvalue weighted by Crippen LogP contribution is -2.25. The maximum absolute atomic E-state index is 11.8. The molecular formula is C14H22N2O3. The Morgan fingerprint density at radius 3 is 2.58 bits per heavy atom. The summed E-state index contributed by atoms with van der Waals surface area (Å²) in [6, 6.07) is 1.33. The van der Waals surface area contributed by atoms with Gasteiger partial charge in [-0.05, 0) is 32.4 Å². The normalized spacial score (nSPS) is 16.1. The van der Waals surface area contributed by atoms with Crippen LogP contribution in [0.3, 0.4) is 0 Å². The van der Waals surface area contributed by atoms with E-state index in [1.165, 1.54) is 18.9 Å². The summed E-state index contributed by atoms with van der Waals surface area (Å²) in [6.07, 6.45) is 3.22. The number of hydrogen-bond acceptors (Lipinski definition) is 4. The van der Waals surface area contributed by atoms with E-state index in [4.69, 9.17) is 0 Å². The standard InChI is InChI=1S/C14H22N2O3/c1-2-5-16-11(10-17)8-13(18)14(19)12(16)9-15-6-3-4-7-15/h8,17,19H,2-7,9-10H2,1H3. The summed E-state index contributed by atoms with van der Waals surface area (Å²) < 4.78 is 1.88. The molecule has 5 nitrogen and oxygen atoms in total. The molecule has 1 aliphatic rings. The molecule has 1 saturated heterocycles. The fourth-order valence-electron chi connectivity index (χ4n) is 2.69. The first-order chi connectivity index (χ1) is 9.17. The molecule has 0 radical (unpaired) electrons. The van der Waals surface area contributed by atoms with Crippen LogP contribution in [0.5, 0.6) is 5.75 Å². The van der Waals surface area contributed by atoms with Crippen molar-refractivity contribution >= 4 is 0 Å². The summed E-state index contributed by atoms with van der Waals surface area (Å²) in [4.78, 5) is 14.0. The fraction of sp³-hybridized carbons (Fsp3) is 0.643.